The maximum Gasteiger partial charge on any atom is 0.285 e. The highest BCUT2D eigenvalue weighted by atomic mass is 32.2. The first-order chi connectivity index (χ1) is 10.4. The molecule has 1 aromatic rings. The van der Waals surface area contributed by atoms with Gasteiger partial charge >= 0.3 is 0 Å². The van der Waals surface area contributed by atoms with Gasteiger partial charge in [-0.1, -0.05) is 12.1 Å². The summed E-state index contributed by atoms with van der Waals surface area (Å²) in [6.45, 7) is 1.36. The van der Waals surface area contributed by atoms with E-state index in [-0.39, 0.29) is 17.3 Å². The number of rotatable bonds is 5. The molecule has 8 heteroatoms. The molecular weight excluding hydrogens is 304 g/mol. The minimum atomic E-state index is -3.66. The zero-order chi connectivity index (χ0) is 16.3. The molecule has 0 fully saturated rings. The molecule has 22 heavy (non-hydrogen) atoms. The molecule has 0 unspecified atom stereocenters. The number of amides is 1. The number of fused-ring (bicyclic) bond motifs is 1. The van der Waals surface area contributed by atoms with Crippen molar-refractivity contribution in [2.45, 2.75) is 4.90 Å². The molecule has 120 valence electrons. The topological polar surface area (TPSA) is 82.1 Å². The van der Waals surface area contributed by atoms with Gasteiger partial charge in [0, 0.05) is 32.7 Å². The van der Waals surface area contributed by atoms with E-state index in [1.807, 2.05) is 7.05 Å². The predicted octanol–water partition coefficient (Wildman–Crippen LogP) is -0.255. The third kappa shape index (κ3) is 3.28. The molecule has 7 nitrogen and oxygen atoms in total. The average molecular weight is 324 g/mol. The van der Waals surface area contributed by atoms with E-state index in [4.69, 9.17) is 0 Å². The quantitative estimate of drug-likeness (QED) is 0.807. The van der Waals surface area contributed by atoms with Crippen LogP contribution in [0.15, 0.2) is 33.6 Å². The molecule has 1 aromatic carbocycles. The number of nitrogens with zero attached hydrogens (tertiary/aromatic N) is 3. The van der Waals surface area contributed by atoms with Crippen LogP contribution >= 0.6 is 0 Å². The fourth-order valence-corrected chi connectivity index (χ4v) is 3.42. The first-order valence-corrected chi connectivity index (χ1v) is 8.35. The number of likely N-dealkylation sites (N-methyl/N-ethyl adjacent to an activating group) is 3. The van der Waals surface area contributed by atoms with Gasteiger partial charge in [0.15, 0.2) is 5.84 Å². The van der Waals surface area contributed by atoms with Crippen molar-refractivity contribution in [1.29, 1.82) is 0 Å². The Morgan fingerprint density at radius 1 is 1.27 bits per heavy atom. The fraction of sp³-hybridized carbons (Fsp3) is 0.429. The minimum Gasteiger partial charge on any atom is -0.349 e. The van der Waals surface area contributed by atoms with Crippen LogP contribution in [0, 0.1) is 0 Å². The molecule has 1 aliphatic heterocycles. The molecule has 0 spiro atoms. The molecule has 1 amide bonds. The normalized spacial score (nSPS) is 15.1. The van der Waals surface area contributed by atoms with Crippen LogP contribution in [0.4, 0.5) is 0 Å². The molecule has 0 bridgehead atoms. The lowest BCUT2D eigenvalue weighted by Crippen LogP contribution is -2.41. The van der Waals surface area contributed by atoms with Crippen molar-refractivity contribution in [2.75, 3.05) is 40.8 Å². The molecule has 0 atom stereocenters. The van der Waals surface area contributed by atoms with Gasteiger partial charge in [0.1, 0.15) is 4.90 Å². The number of sulfonamides is 1. The smallest absolute Gasteiger partial charge is 0.285 e. The minimum absolute atomic E-state index is 0.0723. The highest BCUT2D eigenvalue weighted by Crippen LogP contribution is 2.26. The summed E-state index contributed by atoms with van der Waals surface area (Å²) in [5.41, 5.74) is 0.538. The van der Waals surface area contributed by atoms with Gasteiger partial charge in [-0.15, -0.1) is 4.40 Å². The summed E-state index contributed by atoms with van der Waals surface area (Å²) in [6.07, 6.45) is 0. The van der Waals surface area contributed by atoms with E-state index in [0.717, 1.165) is 0 Å². The highest BCUT2D eigenvalue weighted by molar-refractivity contribution is 7.90. The van der Waals surface area contributed by atoms with Crippen LogP contribution in [0.1, 0.15) is 5.56 Å². The molecule has 0 radical (unpaired) electrons. The van der Waals surface area contributed by atoms with E-state index < -0.39 is 10.0 Å². The summed E-state index contributed by atoms with van der Waals surface area (Å²) in [5, 5.41) is 2.98. The largest absolute Gasteiger partial charge is 0.349 e. The Balaban J connectivity index is 2.14. The summed E-state index contributed by atoms with van der Waals surface area (Å²) >= 11 is 0. The van der Waals surface area contributed by atoms with E-state index in [2.05, 4.69) is 9.71 Å². The van der Waals surface area contributed by atoms with Gasteiger partial charge in [0.2, 0.25) is 5.91 Å². The zero-order valence-electron chi connectivity index (χ0n) is 12.9. The van der Waals surface area contributed by atoms with Gasteiger partial charge in [-0.2, -0.15) is 8.42 Å². The van der Waals surface area contributed by atoms with Crippen molar-refractivity contribution in [2.24, 2.45) is 4.40 Å². The number of benzene rings is 1. The average Bonchev–Trinajstić information content (AvgIpc) is 2.77. The van der Waals surface area contributed by atoms with Gasteiger partial charge in [-0.3, -0.25) is 4.79 Å². The molecule has 2 rings (SSSR count). The highest BCUT2D eigenvalue weighted by Gasteiger charge is 2.31. The maximum atomic E-state index is 12.1. The lowest BCUT2D eigenvalue weighted by molar-refractivity contribution is -0.129. The Labute approximate surface area is 130 Å². The van der Waals surface area contributed by atoms with E-state index in [9.17, 15) is 13.2 Å². The van der Waals surface area contributed by atoms with Crippen molar-refractivity contribution in [3.8, 4) is 0 Å². The first kappa shape index (κ1) is 16.4. The Hall–Kier alpha value is -1.93. The molecule has 1 heterocycles. The van der Waals surface area contributed by atoms with Crippen molar-refractivity contribution >= 4 is 21.8 Å². The number of nitrogens with one attached hydrogen (secondary N) is 1. The SMILES string of the molecule is CNCCN(C)C(=O)CN(C)C1=NS(=O)(=O)c2ccccc21. The summed E-state index contributed by atoms with van der Waals surface area (Å²) in [6, 6.07) is 6.63. The van der Waals surface area contributed by atoms with Crippen molar-refractivity contribution in [3.05, 3.63) is 29.8 Å². The number of amidine groups is 1. The lowest BCUT2D eigenvalue weighted by Gasteiger charge is -2.23. The molecular formula is C14H20N4O3S. The molecule has 0 saturated heterocycles. The van der Waals surface area contributed by atoms with Gasteiger partial charge in [-0.25, -0.2) is 0 Å². The molecule has 0 aliphatic carbocycles. The molecule has 1 aliphatic rings. The molecule has 1 N–H and O–H groups in total. The van der Waals surface area contributed by atoms with Gasteiger partial charge < -0.3 is 15.1 Å². The van der Waals surface area contributed by atoms with Crippen LogP contribution in [0.3, 0.4) is 0 Å². The molecule has 0 saturated carbocycles. The lowest BCUT2D eigenvalue weighted by atomic mass is 10.2. The molecule has 0 aromatic heterocycles. The zero-order valence-corrected chi connectivity index (χ0v) is 13.7. The second-order valence-corrected chi connectivity index (χ2v) is 6.73. The second-order valence-electron chi connectivity index (χ2n) is 5.16. The monoisotopic (exact) mass is 324 g/mol. The Morgan fingerprint density at radius 2 is 1.95 bits per heavy atom. The maximum absolute atomic E-state index is 12.1. The van der Waals surface area contributed by atoms with E-state index in [1.165, 1.54) is 6.07 Å². The predicted molar refractivity (Wildman–Crippen MR) is 84.4 cm³/mol. The third-order valence-electron chi connectivity index (χ3n) is 3.47. The second kappa shape index (κ2) is 6.45. The first-order valence-electron chi connectivity index (χ1n) is 6.91. The fourth-order valence-electron chi connectivity index (χ4n) is 2.17. The van der Waals surface area contributed by atoms with E-state index in [1.54, 1.807) is 42.1 Å². The van der Waals surface area contributed by atoms with Gasteiger partial charge in [-0.05, 0) is 19.2 Å². The number of carbonyl (C=O) groups is 1. The number of carbonyl (C=O) groups excluding carboxylic acids is 1. The summed E-state index contributed by atoms with van der Waals surface area (Å²) in [5.74, 6) is 0.216. The van der Waals surface area contributed by atoms with E-state index >= 15 is 0 Å². The number of hydrogen-bond donors (Lipinski definition) is 1. The van der Waals surface area contributed by atoms with Crippen molar-refractivity contribution in [1.82, 2.24) is 15.1 Å². The summed E-state index contributed by atoms with van der Waals surface area (Å²) < 4.78 is 27.8. The van der Waals surface area contributed by atoms with Gasteiger partial charge in [0.25, 0.3) is 10.0 Å². The van der Waals surface area contributed by atoms with Crippen molar-refractivity contribution < 1.29 is 13.2 Å². The standard InChI is InChI=1S/C14H20N4O3S/c1-15-8-9-17(2)13(19)10-18(3)14-11-6-4-5-7-12(11)22(20,21)16-14/h4-7,15H,8-10H2,1-3H3. The number of hydrogen-bond acceptors (Lipinski definition) is 5. The van der Waals surface area contributed by atoms with Crippen LogP contribution in [0.25, 0.3) is 0 Å². The Kier molecular flexibility index (Phi) is 4.82. The Morgan fingerprint density at radius 3 is 2.64 bits per heavy atom. The van der Waals surface area contributed by atoms with Gasteiger partial charge in [0.05, 0.1) is 6.54 Å². The van der Waals surface area contributed by atoms with Crippen LogP contribution in [0.5, 0.6) is 0 Å². The third-order valence-corrected chi connectivity index (χ3v) is 4.79. The van der Waals surface area contributed by atoms with Crippen LogP contribution in [0.2, 0.25) is 0 Å². The summed E-state index contributed by atoms with van der Waals surface area (Å²) in [4.78, 5) is 15.5. The summed E-state index contributed by atoms with van der Waals surface area (Å²) in [7, 11) is 1.54. The van der Waals surface area contributed by atoms with Crippen molar-refractivity contribution in [3.63, 3.8) is 0 Å². The Bertz CT molecular complexity index is 700. The van der Waals surface area contributed by atoms with Crippen LogP contribution in [-0.2, 0) is 14.8 Å². The van der Waals surface area contributed by atoms with Crippen LogP contribution < -0.4 is 5.32 Å². The van der Waals surface area contributed by atoms with Crippen LogP contribution in [-0.4, -0.2) is 70.7 Å². The van der Waals surface area contributed by atoms with E-state index in [0.29, 0.717) is 24.5 Å².